The van der Waals surface area contributed by atoms with Crippen molar-refractivity contribution in [1.82, 2.24) is 5.32 Å². The molecule has 1 aliphatic carbocycles. The minimum atomic E-state index is -0.169. The summed E-state index contributed by atoms with van der Waals surface area (Å²) in [5.74, 6) is 0.750. The van der Waals surface area contributed by atoms with Crippen LogP contribution in [0.25, 0.3) is 0 Å². The van der Waals surface area contributed by atoms with Crippen molar-refractivity contribution in [3.63, 3.8) is 0 Å². The number of carbonyl (C=O) groups excluding carboxylic acids is 1. The lowest BCUT2D eigenvalue weighted by Crippen LogP contribution is -2.41. The van der Waals surface area contributed by atoms with Crippen LogP contribution in [0.3, 0.4) is 0 Å². The maximum Gasteiger partial charge on any atom is 0.287 e. The van der Waals surface area contributed by atoms with E-state index in [2.05, 4.69) is 5.32 Å². The molecule has 1 aromatic heterocycles. The molecule has 0 bridgehead atoms. The largest absolute Gasteiger partial charge is 0.459 e. The molecule has 4 nitrogen and oxygen atoms in total. The van der Waals surface area contributed by atoms with Crippen LogP contribution in [-0.2, 0) is 0 Å². The summed E-state index contributed by atoms with van der Waals surface area (Å²) in [7, 11) is 0. The summed E-state index contributed by atoms with van der Waals surface area (Å²) in [6.07, 6.45) is 3.82. The van der Waals surface area contributed by atoms with Crippen LogP contribution in [0.5, 0.6) is 0 Å². The maximum atomic E-state index is 11.5. The summed E-state index contributed by atoms with van der Waals surface area (Å²) < 4.78 is 4.99. The lowest BCUT2D eigenvalue weighted by molar-refractivity contribution is 0.0905. The second kappa shape index (κ2) is 3.84. The number of carbonyl (C=O) groups is 1. The molecule has 76 valence electrons. The number of nitrogens with one attached hydrogen (secondary N) is 1. The van der Waals surface area contributed by atoms with Gasteiger partial charge in [-0.1, -0.05) is 0 Å². The fraction of sp³-hybridized carbons (Fsp3) is 0.500. The van der Waals surface area contributed by atoms with Gasteiger partial charge in [0.2, 0.25) is 0 Å². The van der Waals surface area contributed by atoms with Gasteiger partial charge >= 0.3 is 0 Å². The Labute approximate surface area is 82.5 Å². The minimum Gasteiger partial charge on any atom is -0.459 e. The summed E-state index contributed by atoms with van der Waals surface area (Å²) in [4.78, 5) is 11.5. The Morgan fingerprint density at radius 1 is 1.71 bits per heavy atom. The van der Waals surface area contributed by atoms with E-state index >= 15 is 0 Å². The quantitative estimate of drug-likeness (QED) is 0.743. The Kier molecular flexibility index (Phi) is 2.54. The van der Waals surface area contributed by atoms with Crippen LogP contribution in [0.15, 0.2) is 22.8 Å². The van der Waals surface area contributed by atoms with Crippen LogP contribution in [0.4, 0.5) is 0 Å². The molecule has 1 aromatic rings. The van der Waals surface area contributed by atoms with E-state index in [0.29, 0.717) is 18.2 Å². The molecule has 1 aliphatic rings. The van der Waals surface area contributed by atoms with Crippen LogP contribution in [0.1, 0.15) is 23.4 Å². The molecule has 0 spiro atoms. The van der Waals surface area contributed by atoms with Crippen molar-refractivity contribution in [1.29, 1.82) is 0 Å². The fourth-order valence-electron chi connectivity index (χ4n) is 1.52. The smallest absolute Gasteiger partial charge is 0.287 e. The van der Waals surface area contributed by atoms with Crippen LogP contribution in [0, 0.1) is 5.92 Å². The van der Waals surface area contributed by atoms with Crippen molar-refractivity contribution in [3.05, 3.63) is 24.2 Å². The van der Waals surface area contributed by atoms with Gasteiger partial charge in [-0.15, -0.1) is 0 Å². The summed E-state index contributed by atoms with van der Waals surface area (Å²) >= 11 is 0. The summed E-state index contributed by atoms with van der Waals surface area (Å²) in [5, 5.41) is 2.87. The van der Waals surface area contributed by atoms with Gasteiger partial charge in [0, 0.05) is 12.6 Å². The standard InChI is InChI=1S/C10H14N2O2/c11-6-8(7-3-4-7)12-10(13)9-2-1-5-14-9/h1-2,5,7-8H,3-4,6,11H2,(H,12,13). The summed E-state index contributed by atoms with van der Waals surface area (Å²) in [5.41, 5.74) is 5.57. The molecule has 14 heavy (non-hydrogen) atoms. The van der Waals surface area contributed by atoms with Crippen LogP contribution in [0.2, 0.25) is 0 Å². The molecular weight excluding hydrogens is 180 g/mol. The van der Waals surface area contributed by atoms with E-state index in [-0.39, 0.29) is 11.9 Å². The molecule has 3 N–H and O–H groups in total. The molecule has 2 rings (SSSR count). The van der Waals surface area contributed by atoms with E-state index in [4.69, 9.17) is 10.2 Å². The highest BCUT2D eigenvalue weighted by Gasteiger charge is 2.31. The van der Waals surface area contributed by atoms with Crippen molar-refractivity contribution >= 4 is 5.91 Å². The predicted molar refractivity (Wildman–Crippen MR) is 51.7 cm³/mol. The predicted octanol–water partition coefficient (Wildman–Crippen LogP) is 0.747. The van der Waals surface area contributed by atoms with Gasteiger partial charge in [-0.05, 0) is 30.9 Å². The van der Waals surface area contributed by atoms with Crippen molar-refractivity contribution in [2.24, 2.45) is 11.7 Å². The highest BCUT2D eigenvalue weighted by molar-refractivity contribution is 5.91. The number of rotatable bonds is 4. The zero-order valence-electron chi connectivity index (χ0n) is 7.90. The van der Waals surface area contributed by atoms with Gasteiger partial charge in [-0.3, -0.25) is 4.79 Å². The molecular formula is C10H14N2O2. The van der Waals surface area contributed by atoms with Crippen molar-refractivity contribution < 1.29 is 9.21 Å². The number of furan rings is 1. The van der Waals surface area contributed by atoms with E-state index in [0.717, 1.165) is 0 Å². The first-order valence-electron chi connectivity index (χ1n) is 4.85. The Bertz CT molecular complexity index is 304. The third-order valence-electron chi connectivity index (χ3n) is 2.51. The number of nitrogens with two attached hydrogens (primary N) is 1. The Hall–Kier alpha value is -1.29. The molecule has 1 saturated carbocycles. The molecule has 1 fully saturated rings. The van der Waals surface area contributed by atoms with E-state index in [1.807, 2.05) is 0 Å². The van der Waals surface area contributed by atoms with Gasteiger partial charge < -0.3 is 15.5 Å². The Morgan fingerprint density at radius 3 is 3.00 bits per heavy atom. The first-order valence-corrected chi connectivity index (χ1v) is 4.85. The first kappa shape index (κ1) is 9.27. The van der Waals surface area contributed by atoms with Crippen LogP contribution in [-0.4, -0.2) is 18.5 Å². The molecule has 0 radical (unpaired) electrons. The molecule has 0 aromatic carbocycles. The average Bonchev–Trinajstić information content (AvgIpc) is 2.88. The lowest BCUT2D eigenvalue weighted by atomic mass is 10.2. The van der Waals surface area contributed by atoms with Gasteiger partial charge in [0.1, 0.15) is 0 Å². The average molecular weight is 194 g/mol. The fourth-order valence-corrected chi connectivity index (χ4v) is 1.52. The Morgan fingerprint density at radius 2 is 2.50 bits per heavy atom. The highest BCUT2D eigenvalue weighted by atomic mass is 16.3. The molecule has 1 atom stereocenters. The highest BCUT2D eigenvalue weighted by Crippen LogP contribution is 2.32. The van der Waals surface area contributed by atoms with E-state index < -0.39 is 0 Å². The van der Waals surface area contributed by atoms with Crippen molar-refractivity contribution in [3.8, 4) is 0 Å². The number of hydrogen-bond acceptors (Lipinski definition) is 3. The summed E-state index contributed by atoms with van der Waals surface area (Å²) in [6, 6.07) is 3.45. The van der Waals surface area contributed by atoms with Crippen molar-refractivity contribution in [2.75, 3.05) is 6.54 Å². The van der Waals surface area contributed by atoms with Gasteiger partial charge in [0.15, 0.2) is 5.76 Å². The van der Waals surface area contributed by atoms with Gasteiger partial charge in [0.25, 0.3) is 5.91 Å². The third kappa shape index (κ3) is 1.96. The van der Waals surface area contributed by atoms with E-state index in [1.54, 1.807) is 12.1 Å². The first-order chi connectivity index (χ1) is 6.81. The monoisotopic (exact) mass is 194 g/mol. The summed E-state index contributed by atoms with van der Waals surface area (Å²) in [6.45, 7) is 0.497. The SMILES string of the molecule is NCC(NC(=O)c1ccco1)C1CC1. The second-order valence-corrected chi connectivity index (χ2v) is 3.63. The molecule has 1 heterocycles. The van der Waals surface area contributed by atoms with E-state index in [1.165, 1.54) is 19.1 Å². The lowest BCUT2D eigenvalue weighted by Gasteiger charge is -2.14. The maximum absolute atomic E-state index is 11.5. The number of amides is 1. The Balaban J connectivity index is 1.92. The minimum absolute atomic E-state index is 0.104. The van der Waals surface area contributed by atoms with Crippen LogP contribution >= 0.6 is 0 Å². The van der Waals surface area contributed by atoms with E-state index in [9.17, 15) is 4.79 Å². The van der Waals surface area contributed by atoms with Gasteiger partial charge in [-0.2, -0.15) is 0 Å². The zero-order chi connectivity index (χ0) is 9.97. The number of hydrogen-bond donors (Lipinski definition) is 2. The third-order valence-corrected chi connectivity index (χ3v) is 2.51. The molecule has 1 amide bonds. The second-order valence-electron chi connectivity index (χ2n) is 3.63. The van der Waals surface area contributed by atoms with Crippen LogP contribution < -0.4 is 11.1 Å². The molecule has 0 aliphatic heterocycles. The normalized spacial score (nSPS) is 17.8. The zero-order valence-corrected chi connectivity index (χ0v) is 7.90. The topological polar surface area (TPSA) is 68.3 Å². The van der Waals surface area contributed by atoms with Gasteiger partial charge in [0.05, 0.1) is 6.26 Å². The van der Waals surface area contributed by atoms with Crippen molar-refractivity contribution in [2.45, 2.75) is 18.9 Å². The molecule has 1 unspecified atom stereocenters. The molecule has 4 heteroatoms. The van der Waals surface area contributed by atoms with Gasteiger partial charge in [-0.25, -0.2) is 0 Å². The molecule has 0 saturated heterocycles.